The monoisotopic (exact) mass is 744 g/mol. The number of hydrogen-bond donors (Lipinski definition) is 0. The molecule has 0 amide bonds. The van der Waals surface area contributed by atoms with Crippen LogP contribution in [0.25, 0.3) is 45.6 Å². The first-order valence-corrected chi connectivity index (χ1v) is 22.2. The second kappa shape index (κ2) is 14.5. The van der Waals surface area contributed by atoms with Crippen LogP contribution in [-0.4, -0.2) is 8.07 Å². The maximum atomic E-state index is 2.54. The molecular weight excluding hydrogens is 701 g/mol. The molecule has 0 spiro atoms. The Kier molecular flexibility index (Phi) is 8.89. The van der Waals surface area contributed by atoms with Crippen LogP contribution in [0.5, 0.6) is 0 Å². The van der Waals surface area contributed by atoms with E-state index in [1.54, 1.807) is 0 Å². The minimum atomic E-state index is -3.07. The van der Waals surface area contributed by atoms with Crippen molar-refractivity contribution in [1.82, 2.24) is 0 Å². The molecule has 57 heavy (non-hydrogen) atoms. The Balaban J connectivity index is 1.33. The van der Waals surface area contributed by atoms with Crippen molar-refractivity contribution in [2.24, 2.45) is 0 Å². The molecule has 8 aromatic carbocycles. The maximum absolute atomic E-state index is 3.07. The van der Waals surface area contributed by atoms with Gasteiger partial charge in [0.2, 0.25) is 0 Å². The minimum absolute atomic E-state index is 0.187. The molecule has 0 heterocycles. The first-order valence-electron chi connectivity index (χ1n) is 20.2. The number of fused-ring (bicyclic) bond motifs is 2. The molecule has 2 aliphatic carbocycles. The lowest BCUT2D eigenvalue weighted by Gasteiger charge is -2.39. The molecule has 0 aliphatic heterocycles. The number of benzene rings is 8. The quantitative estimate of drug-likeness (QED) is 0.107. The fraction of sp³-hybridized carbons (Fsp3) is 0.0714. The van der Waals surface area contributed by atoms with Crippen molar-refractivity contribution >= 4 is 52.1 Å². The van der Waals surface area contributed by atoms with Gasteiger partial charge >= 0.3 is 0 Å². The van der Waals surface area contributed by atoms with E-state index in [1.807, 2.05) is 0 Å². The fourth-order valence-electron chi connectivity index (χ4n) is 10.0. The Morgan fingerprint density at radius 3 is 0.947 bits per heavy atom. The SMILES string of the molecule is CC1C(c2ccccc2)=Cc2c(-c3ccccc3)ccc([Si](c3ccccc3)(c3ccccc3)c3ccc(-c4ccccc4)c4c3C(C)C(c3ccccc3)=C4)c21. The zero-order valence-corrected chi connectivity index (χ0v) is 33.4. The molecule has 272 valence electrons. The standard InChI is InChI=1S/C56H44Si/c1-39-49(43-25-13-5-14-26-43)37-51-47(41-21-9-3-10-22-41)33-35-53(55(39)51)57(45-29-17-7-18-30-45,46-31-19-8-20-32-46)54-36-34-48(42-23-11-4-12-24-42)52-38-50(40(2)56(52)54)44-27-15-6-16-28-44/h3-40H,1-2H3. The summed E-state index contributed by atoms with van der Waals surface area (Å²) in [5.41, 5.74) is 16.0. The minimum Gasteiger partial charge on any atom is -0.0623 e. The van der Waals surface area contributed by atoms with E-state index in [-0.39, 0.29) is 11.8 Å². The summed E-state index contributed by atoms with van der Waals surface area (Å²) in [7, 11) is -3.07. The molecule has 0 aromatic heterocycles. The van der Waals surface area contributed by atoms with Crippen LogP contribution in [-0.2, 0) is 0 Å². The molecule has 0 saturated carbocycles. The van der Waals surface area contributed by atoms with Crippen molar-refractivity contribution in [2.45, 2.75) is 25.7 Å². The molecule has 2 atom stereocenters. The van der Waals surface area contributed by atoms with Gasteiger partial charge in [-0.15, -0.1) is 0 Å². The Bertz CT molecular complexity index is 2570. The number of rotatable bonds is 8. The molecule has 0 nitrogen and oxygen atoms in total. The van der Waals surface area contributed by atoms with E-state index in [9.17, 15) is 0 Å². The van der Waals surface area contributed by atoms with E-state index in [1.165, 1.54) is 87.5 Å². The summed E-state index contributed by atoms with van der Waals surface area (Å²) in [5.74, 6) is 0.375. The molecule has 8 aromatic rings. The highest BCUT2D eigenvalue weighted by atomic mass is 28.3. The van der Waals surface area contributed by atoms with Gasteiger partial charge in [0.25, 0.3) is 0 Å². The van der Waals surface area contributed by atoms with Crippen LogP contribution >= 0.6 is 0 Å². The lowest BCUT2D eigenvalue weighted by atomic mass is 9.91. The molecule has 0 N–H and O–H groups in total. The van der Waals surface area contributed by atoms with Crippen LogP contribution in [0.4, 0.5) is 0 Å². The molecule has 0 radical (unpaired) electrons. The van der Waals surface area contributed by atoms with Gasteiger partial charge in [0, 0.05) is 11.8 Å². The highest BCUT2D eigenvalue weighted by Gasteiger charge is 2.48. The average molecular weight is 745 g/mol. The van der Waals surface area contributed by atoms with Crippen LogP contribution in [0.1, 0.15) is 59.1 Å². The molecular formula is C56H44Si. The number of hydrogen-bond acceptors (Lipinski definition) is 0. The lowest BCUT2D eigenvalue weighted by Crippen LogP contribution is -2.76. The van der Waals surface area contributed by atoms with E-state index >= 15 is 0 Å². The Hall–Kier alpha value is -6.54. The van der Waals surface area contributed by atoms with E-state index in [2.05, 4.69) is 232 Å². The topological polar surface area (TPSA) is 0 Å². The lowest BCUT2D eigenvalue weighted by molar-refractivity contribution is 1.01. The summed E-state index contributed by atoms with van der Waals surface area (Å²) in [4.78, 5) is 0. The second-order valence-electron chi connectivity index (χ2n) is 15.6. The Morgan fingerprint density at radius 1 is 0.316 bits per heavy atom. The summed E-state index contributed by atoms with van der Waals surface area (Å²) in [6.07, 6.45) is 5.02. The van der Waals surface area contributed by atoms with Crippen molar-refractivity contribution in [3.8, 4) is 22.3 Å². The van der Waals surface area contributed by atoms with Crippen molar-refractivity contribution in [3.05, 3.63) is 240 Å². The predicted octanol–water partition coefficient (Wildman–Crippen LogP) is 11.7. The third kappa shape index (κ3) is 5.73. The van der Waals surface area contributed by atoms with Gasteiger partial charge in [-0.2, -0.15) is 0 Å². The largest absolute Gasteiger partial charge is 0.180 e. The van der Waals surface area contributed by atoms with Gasteiger partial charge in [-0.05, 0) is 99.7 Å². The predicted molar refractivity (Wildman–Crippen MR) is 246 cm³/mol. The van der Waals surface area contributed by atoms with E-state index in [4.69, 9.17) is 0 Å². The highest BCUT2D eigenvalue weighted by Crippen LogP contribution is 2.47. The van der Waals surface area contributed by atoms with Crippen LogP contribution in [0.2, 0.25) is 0 Å². The molecule has 2 aliphatic rings. The average Bonchev–Trinajstić information content (AvgIpc) is 3.83. The van der Waals surface area contributed by atoms with Gasteiger partial charge in [0.15, 0.2) is 8.07 Å². The molecule has 0 saturated heterocycles. The molecule has 10 rings (SSSR count). The molecule has 0 bridgehead atoms. The normalized spacial score (nSPS) is 15.8. The van der Waals surface area contributed by atoms with E-state index in [0.717, 1.165) is 0 Å². The summed E-state index contributed by atoms with van der Waals surface area (Å²) in [5, 5.41) is 5.75. The third-order valence-corrected chi connectivity index (χ3v) is 17.5. The number of allylic oxidation sites excluding steroid dienone is 2. The van der Waals surface area contributed by atoms with Crippen molar-refractivity contribution in [2.75, 3.05) is 0 Å². The fourth-order valence-corrected chi connectivity index (χ4v) is 15.4. The van der Waals surface area contributed by atoms with Gasteiger partial charge in [-0.1, -0.05) is 220 Å². The first-order chi connectivity index (χ1) is 28.1. The zero-order chi connectivity index (χ0) is 38.3. The molecule has 2 unspecified atom stereocenters. The summed E-state index contributed by atoms with van der Waals surface area (Å²) >= 11 is 0. The Labute approximate surface area is 338 Å². The van der Waals surface area contributed by atoms with Gasteiger partial charge in [-0.25, -0.2) is 0 Å². The van der Waals surface area contributed by atoms with Gasteiger partial charge in [-0.3, -0.25) is 0 Å². The summed E-state index contributed by atoms with van der Waals surface area (Å²) < 4.78 is 0. The summed E-state index contributed by atoms with van der Waals surface area (Å²) in [6, 6.07) is 77.0. The third-order valence-electron chi connectivity index (χ3n) is 12.6. The van der Waals surface area contributed by atoms with Crippen molar-refractivity contribution < 1.29 is 0 Å². The maximum Gasteiger partial charge on any atom is 0.180 e. The van der Waals surface area contributed by atoms with Crippen LogP contribution in [0.15, 0.2) is 206 Å². The van der Waals surface area contributed by atoms with Gasteiger partial charge in [0.05, 0.1) is 0 Å². The second-order valence-corrected chi connectivity index (χ2v) is 19.3. The van der Waals surface area contributed by atoms with Gasteiger partial charge in [0.1, 0.15) is 0 Å². The van der Waals surface area contributed by atoms with Crippen molar-refractivity contribution in [1.29, 1.82) is 0 Å². The Morgan fingerprint density at radius 2 is 0.614 bits per heavy atom. The van der Waals surface area contributed by atoms with Gasteiger partial charge < -0.3 is 0 Å². The summed E-state index contributed by atoms with van der Waals surface area (Å²) in [6.45, 7) is 4.89. The van der Waals surface area contributed by atoms with Crippen LogP contribution in [0, 0.1) is 0 Å². The smallest absolute Gasteiger partial charge is 0.0623 e. The first kappa shape index (κ1) is 34.9. The van der Waals surface area contributed by atoms with Crippen molar-refractivity contribution in [3.63, 3.8) is 0 Å². The van der Waals surface area contributed by atoms with E-state index < -0.39 is 8.07 Å². The van der Waals surface area contributed by atoms with Crippen LogP contribution < -0.4 is 20.7 Å². The molecule has 0 fully saturated rings. The van der Waals surface area contributed by atoms with E-state index in [0.29, 0.717) is 0 Å². The molecule has 1 heteroatoms. The zero-order valence-electron chi connectivity index (χ0n) is 32.4. The van der Waals surface area contributed by atoms with Crippen LogP contribution in [0.3, 0.4) is 0 Å². The highest BCUT2D eigenvalue weighted by molar-refractivity contribution is 7.20.